The number of ether oxygens (including phenoxy) is 3. The van der Waals surface area contributed by atoms with Crippen molar-refractivity contribution in [3.63, 3.8) is 0 Å². The highest BCUT2D eigenvalue weighted by Gasteiger charge is 2.29. The van der Waals surface area contributed by atoms with E-state index in [0.29, 0.717) is 53.5 Å². The van der Waals surface area contributed by atoms with Crippen LogP contribution in [0, 0.1) is 5.82 Å². The van der Waals surface area contributed by atoms with Gasteiger partial charge in [0, 0.05) is 25.5 Å². The zero-order chi connectivity index (χ0) is 30.5. The summed E-state index contributed by atoms with van der Waals surface area (Å²) in [5, 5.41) is 0.396. The quantitative estimate of drug-likeness (QED) is 0.230. The van der Waals surface area contributed by atoms with Gasteiger partial charge in [-0.15, -0.1) is 0 Å². The highest BCUT2D eigenvalue weighted by Crippen LogP contribution is 2.32. The maximum Gasteiger partial charge on any atom is 0.343 e. The summed E-state index contributed by atoms with van der Waals surface area (Å²) in [6.45, 7) is 3.65. The Labute approximate surface area is 252 Å². The number of halogens is 2. The largest absolute Gasteiger partial charge is 0.475 e. The van der Waals surface area contributed by atoms with Crippen molar-refractivity contribution < 1.29 is 23.4 Å². The van der Waals surface area contributed by atoms with E-state index in [0.717, 1.165) is 18.9 Å². The molecule has 1 atom stereocenters. The lowest BCUT2D eigenvalue weighted by atomic mass is 10.1. The normalized spacial score (nSPS) is 14.8. The summed E-state index contributed by atoms with van der Waals surface area (Å²) in [6, 6.07) is 5.99. The lowest BCUT2D eigenvalue weighted by molar-refractivity contribution is 0.0524. The summed E-state index contributed by atoms with van der Waals surface area (Å²) in [5.41, 5.74) is -0.240. The number of anilines is 1. The van der Waals surface area contributed by atoms with Crippen molar-refractivity contribution >= 4 is 34.2 Å². The van der Waals surface area contributed by atoms with Gasteiger partial charge < -0.3 is 24.0 Å². The average Bonchev–Trinajstić information content (AvgIpc) is 3.46. The van der Waals surface area contributed by atoms with Crippen LogP contribution in [0.15, 0.2) is 53.8 Å². The number of rotatable bonds is 11. The van der Waals surface area contributed by atoms with Crippen LogP contribution in [0.3, 0.4) is 0 Å². The molecule has 5 rings (SSSR count). The monoisotopic (exact) mass is 610 g/mol. The van der Waals surface area contributed by atoms with Crippen LogP contribution >= 0.6 is 11.6 Å². The molecule has 0 N–H and O–H groups in total. The second-order valence-corrected chi connectivity index (χ2v) is 10.6. The number of carbonyl (C=O) groups excluding carboxylic acids is 1. The molecule has 1 aliphatic rings. The molecular formula is C30H32ClFN6O5. The van der Waals surface area contributed by atoms with Gasteiger partial charge in [0.1, 0.15) is 29.6 Å². The van der Waals surface area contributed by atoms with Gasteiger partial charge >= 0.3 is 5.97 Å². The van der Waals surface area contributed by atoms with Crippen LogP contribution < -0.4 is 19.8 Å². The lowest BCUT2D eigenvalue weighted by Gasteiger charge is -2.27. The maximum atomic E-state index is 15.8. The molecule has 0 spiro atoms. The van der Waals surface area contributed by atoms with Crippen LogP contribution in [0.5, 0.6) is 11.8 Å². The Hall–Kier alpha value is -4.29. The molecule has 3 aromatic heterocycles. The molecule has 0 saturated carbocycles. The van der Waals surface area contributed by atoms with Crippen molar-refractivity contribution in [1.82, 2.24) is 24.4 Å². The Morgan fingerprint density at radius 1 is 1.19 bits per heavy atom. The van der Waals surface area contributed by atoms with E-state index in [4.69, 9.17) is 25.8 Å². The van der Waals surface area contributed by atoms with E-state index in [-0.39, 0.29) is 30.2 Å². The molecular weight excluding hydrogens is 579 g/mol. The molecule has 1 fully saturated rings. The van der Waals surface area contributed by atoms with E-state index in [1.165, 1.54) is 23.2 Å². The Morgan fingerprint density at radius 3 is 2.74 bits per heavy atom. The number of fused-ring (bicyclic) bond motifs is 1. The van der Waals surface area contributed by atoms with Gasteiger partial charge in [-0.2, -0.15) is 0 Å². The molecule has 13 heteroatoms. The fourth-order valence-electron chi connectivity index (χ4n) is 4.92. The SMILES string of the molecule is CCOC(=O)c1cn(-c2cnc(OCCN(C)C)cn2)c2cc(N3CCC[C@@H]3COc3ncccc3Cl)c(F)cc2c1=O. The van der Waals surface area contributed by atoms with Crippen molar-refractivity contribution in [1.29, 1.82) is 0 Å². The Kier molecular flexibility index (Phi) is 9.37. The first-order chi connectivity index (χ1) is 20.8. The van der Waals surface area contributed by atoms with E-state index in [2.05, 4.69) is 15.0 Å². The predicted molar refractivity (Wildman–Crippen MR) is 160 cm³/mol. The van der Waals surface area contributed by atoms with Crippen molar-refractivity contribution in [2.45, 2.75) is 25.8 Å². The fourth-order valence-corrected chi connectivity index (χ4v) is 5.09. The molecule has 1 aromatic carbocycles. The number of carbonyl (C=O) groups is 1. The molecule has 11 nitrogen and oxygen atoms in total. The fraction of sp³-hybridized carbons (Fsp3) is 0.367. The third kappa shape index (κ3) is 6.70. The second-order valence-electron chi connectivity index (χ2n) is 10.2. The van der Waals surface area contributed by atoms with Crippen LogP contribution in [-0.2, 0) is 4.74 Å². The molecule has 1 saturated heterocycles. The number of hydrogen-bond acceptors (Lipinski definition) is 10. The van der Waals surface area contributed by atoms with Gasteiger partial charge in [0.15, 0.2) is 5.82 Å². The maximum absolute atomic E-state index is 15.8. The number of benzene rings is 1. The van der Waals surface area contributed by atoms with Crippen molar-refractivity contribution in [3.05, 3.63) is 75.7 Å². The van der Waals surface area contributed by atoms with E-state index >= 15 is 4.39 Å². The number of pyridine rings is 2. The molecule has 0 amide bonds. The van der Waals surface area contributed by atoms with Gasteiger partial charge in [-0.05, 0) is 58.1 Å². The summed E-state index contributed by atoms with van der Waals surface area (Å²) in [5.74, 6) is -0.478. The molecule has 43 heavy (non-hydrogen) atoms. The number of esters is 1. The first-order valence-electron chi connectivity index (χ1n) is 13.9. The highest BCUT2D eigenvalue weighted by atomic mass is 35.5. The van der Waals surface area contributed by atoms with Crippen molar-refractivity contribution in [3.8, 4) is 17.6 Å². The van der Waals surface area contributed by atoms with Gasteiger partial charge in [-0.25, -0.2) is 24.1 Å². The molecule has 0 unspecified atom stereocenters. The summed E-state index contributed by atoms with van der Waals surface area (Å²) in [4.78, 5) is 43.0. The smallest absolute Gasteiger partial charge is 0.343 e. The standard InChI is InChI=1S/C30H32ClFN6O5/c1-4-41-30(40)21-17-38(26-15-35-27(16-34-26)42-12-11-36(2)3)24-14-25(23(32)13-20(24)28(21)39)37-10-6-7-19(37)18-43-29-22(31)8-5-9-33-29/h5,8-9,13-17,19H,4,6-7,10-12,18H2,1-3H3/t19-/m1/s1. The van der Waals surface area contributed by atoms with Crippen LogP contribution in [-0.4, -0.2) is 83.4 Å². The minimum Gasteiger partial charge on any atom is -0.475 e. The zero-order valence-electron chi connectivity index (χ0n) is 24.1. The van der Waals surface area contributed by atoms with Crippen LogP contribution in [0.2, 0.25) is 5.02 Å². The van der Waals surface area contributed by atoms with Crippen molar-refractivity contribution in [2.75, 3.05) is 51.9 Å². The molecule has 0 radical (unpaired) electrons. The van der Waals surface area contributed by atoms with E-state index in [1.54, 1.807) is 31.3 Å². The average molecular weight is 611 g/mol. The summed E-state index contributed by atoms with van der Waals surface area (Å²) in [7, 11) is 3.87. The minimum atomic E-state index is -0.811. The number of likely N-dealkylation sites (N-methyl/N-ethyl adjacent to an activating group) is 1. The third-order valence-corrected chi connectivity index (χ3v) is 7.33. The Morgan fingerprint density at radius 2 is 2.02 bits per heavy atom. The van der Waals surface area contributed by atoms with Gasteiger partial charge in [0.05, 0.1) is 41.6 Å². The van der Waals surface area contributed by atoms with Gasteiger partial charge in [-0.3, -0.25) is 9.36 Å². The summed E-state index contributed by atoms with van der Waals surface area (Å²) in [6.07, 6.45) is 7.45. The first kappa shape index (κ1) is 30.2. The number of hydrogen-bond donors (Lipinski definition) is 0. The van der Waals surface area contributed by atoms with Crippen molar-refractivity contribution in [2.24, 2.45) is 0 Å². The zero-order valence-corrected chi connectivity index (χ0v) is 24.9. The topological polar surface area (TPSA) is 112 Å². The van der Waals surface area contributed by atoms with Gasteiger partial charge in [0.2, 0.25) is 17.2 Å². The van der Waals surface area contributed by atoms with Gasteiger partial charge in [-0.1, -0.05) is 11.6 Å². The Bertz CT molecular complexity index is 1670. The molecule has 1 aliphatic heterocycles. The third-order valence-electron chi connectivity index (χ3n) is 7.04. The second kappa shape index (κ2) is 13.3. The van der Waals surface area contributed by atoms with E-state index < -0.39 is 17.2 Å². The lowest BCUT2D eigenvalue weighted by Crippen LogP contribution is -2.35. The number of aromatic nitrogens is 4. The van der Waals surface area contributed by atoms with Gasteiger partial charge in [0.25, 0.3) is 0 Å². The first-order valence-corrected chi connectivity index (χ1v) is 14.3. The Balaban J connectivity index is 1.54. The van der Waals surface area contributed by atoms with Crippen LogP contribution in [0.1, 0.15) is 30.1 Å². The molecule has 0 bridgehead atoms. The minimum absolute atomic E-state index is 0.00665. The predicted octanol–water partition coefficient (Wildman–Crippen LogP) is 4.13. The molecule has 226 valence electrons. The number of nitrogens with zero attached hydrogens (tertiary/aromatic N) is 6. The molecule has 4 aromatic rings. The van der Waals surface area contributed by atoms with E-state index in [9.17, 15) is 9.59 Å². The summed E-state index contributed by atoms with van der Waals surface area (Å²) >= 11 is 6.20. The van der Waals surface area contributed by atoms with Crippen LogP contribution in [0.4, 0.5) is 10.1 Å². The molecule has 4 heterocycles. The summed E-state index contributed by atoms with van der Waals surface area (Å²) < 4.78 is 34.0. The van der Waals surface area contributed by atoms with E-state index in [1.807, 2.05) is 23.9 Å². The van der Waals surface area contributed by atoms with Crippen LogP contribution in [0.25, 0.3) is 16.7 Å². The molecule has 0 aliphatic carbocycles. The highest BCUT2D eigenvalue weighted by molar-refractivity contribution is 6.31.